The van der Waals surface area contributed by atoms with E-state index in [4.69, 9.17) is 0 Å². The molecule has 0 atom stereocenters. The lowest BCUT2D eigenvalue weighted by Gasteiger charge is -2.10. The Morgan fingerprint density at radius 1 is 1.43 bits per heavy atom. The molecule has 0 unspecified atom stereocenters. The first-order valence-electron chi connectivity index (χ1n) is 5.60. The van der Waals surface area contributed by atoms with E-state index in [2.05, 4.69) is 0 Å². The van der Waals surface area contributed by atoms with Gasteiger partial charge in [0.2, 0.25) is 0 Å². The van der Waals surface area contributed by atoms with E-state index in [9.17, 15) is 9.90 Å². The van der Waals surface area contributed by atoms with Gasteiger partial charge in [0.15, 0.2) is 5.78 Å². The van der Waals surface area contributed by atoms with Gasteiger partial charge in [0.05, 0.1) is 5.76 Å². The van der Waals surface area contributed by atoms with Crippen LogP contribution in [0.4, 0.5) is 0 Å². The third-order valence-electron chi connectivity index (χ3n) is 2.90. The summed E-state index contributed by atoms with van der Waals surface area (Å²) in [6, 6.07) is 0. The van der Waals surface area contributed by atoms with E-state index in [-0.39, 0.29) is 17.5 Å². The second-order valence-electron chi connectivity index (χ2n) is 4.20. The quantitative estimate of drug-likeness (QED) is 0.523. The summed E-state index contributed by atoms with van der Waals surface area (Å²) >= 11 is 0. The number of hydrogen-bond donors (Lipinski definition) is 1. The molecule has 0 aromatic heterocycles. The Morgan fingerprint density at radius 2 is 2.00 bits per heavy atom. The molecule has 80 valence electrons. The van der Waals surface area contributed by atoms with E-state index >= 15 is 0 Å². The summed E-state index contributed by atoms with van der Waals surface area (Å²) in [6.45, 7) is 4.06. The van der Waals surface area contributed by atoms with Gasteiger partial charge >= 0.3 is 0 Å². The van der Waals surface area contributed by atoms with Crippen LogP contribution in [0.15, 0.2) is 11.8 Å². The standard InChI is InChI=1S/C12H20O2/c1-3-10(4-2)12(14)8-11(13)7-9-5-6-9/h8-10,14H,3-7H2,1-2H3/b12-8-. The maximum Gasteiger partial charge on any atom is 0.159 e. The molecule has 0 amide bonds. The smallest absolute Gasteiger partial charge is 0.159 e. The summed E-state index contributed by atoms with van der Waals surface area (Å²) in [5.41, 5.74) is 0. The SMILES string of the molecule is CCC(CC)/C(O)=C/C(=O)CC1CC1. The highest BCUT2D eigenvalue weighted by Crippen LogP contribution is 2.32. The molecule has 0 saturated heterocycles. The lowest BCUT2D eigenvalue weighted by atomic mass is 9.99. The molecule has 1 N–H and O–H groups in total. The molecule has 0 bridgehead atoms. The number of allylic oxidation sites excluding steroid dienone is 2. The molecule has 1 saturated carbocycles. The van der Waals surface area contributed by atoms with Gasteiger partial charge < -0.3 is 5.11 Å². The van der Waals surface area contributed by atoms with Crippen molar-refractivity contribution in [2.45, 2.75) is 46.0 Å². The molecule has 0 heterocycles. The lowest BCUT2D eigenvalue weighted by Crippen LogP contribution is -2.04. The van der Waals surface area contributed by atoms with Crippen molar-refractivity contribution in [1.82, 2.24) is 0 Å². The fourth-order valence-corrected chi connectivity index (χ4v) is 1.66. The molecule has 0 spiro atoms. The van der Waals surface area contributed by atoms with Crippen molar-refractivity contribution in [2.75, 3.05) is 0 Å². The molecule has 1 rings (SSSR count). The van der Waals surface area contributed by atoms with Gasteiger partial charge in [-0.2, -0.15) is 0 Å². The van der Waals surface area contributed by atoms with Crippen molar-refractivity contribution in [1.29, 1.82) is 0 Å². The summed E-state index contributed by atoms with van der Waals surface area (Å²) in [7, 11) is 0. The Balaban J connectivity index is 2.42. The largest absolute Gasteiger partial charge is 0.512 e. The summed E-state index contributed by atoms with van der Waals surface area (Å²) in [5.74, 6) is 1.14. The molecule has 2 heteroatoms. The molecule has 0 aliphatic heterocycles. The van der Waals surface area contributed by atoms with Crippen molar-refractivity contribution < 1.29 is 9.90 Å². The second kappa shape index (κ2) is 5.18. The fraction of sp³-hybridized carbons (Fsp3) is 0.750. The first-order valence-corrected chi connectivity index (χ1v) is 5.60. The van der Waals surface area contributed by atoms with E-state index < -0.39 is 0 Å². The van der Waals surface area contributed by atoms with Crippen LogP contribution in [-0.4, -0.2) is 10.9 Å². The van der Waals surface area contributed by atoms with E-state index in [1.807, 2.05) is 13.8 Å². The summed E-state index contributed by atoms with van der Waals surface area (Å²) in [5, 5.41) is 9.65. The number of carbonyl (C=O) groups is 1. The molecular formula is C12H20O2. The minimum atomic E-state index is 0.0944. The zero-order chi connectivity index (χ0) is 10.6. The van der Waals surface area contributed by atoms with Crippen LogP contribution in [0.3, 0.4) is 0 Å². The average Bonchev–Trinajstić information content (AvgIpc) is 2.90. The highest BCUT2D eigenvalue weighted by molar-refractivity contribution is 5.90. The monoisotopic (exact) mass is 196 g/mol. The Labute approximate surface area is 86.0 Å². The molecule has 0 aromatic carbocycles. The van der Waals surface area contributed by atoms with Gasteiger partial charge in [-0.05, 0) is 31.6 Å². The number of hydrogen-bond acceptors (Lipinski definition) is 2. The van der Waals surface area contributed by atoms with Crippen LogP contribution < -0.4 is 0 Å². The average molecular weight is 196 g/mol. The topological polar surface area (TPSA) is 37.3 Å². The lowest BCUT2D eigenvalue weighted by molar-refractivity contribution is -0.115. The van der Waals surface area contributed by atoms with Crippen molar-refractivity contribution in [2.24, 2.45) is 11.8 Å². The van der Waals surface area contributed by atoms with Gasteiger partial charge in [-0.15, -0.1) is 0 Å². The Bertz CT molecular complexity index is 222. The summed E-state index contributed by atoms with van der Waals surface area (Å²) in [4.78, 5) is 11.4. The number of carbonyl (C=O) groups excluding carboxylic acids is 1. The summed E-state index contributed by atoms with van der Waals surface area (Å²) in [6.07, 6.45) is 6.24. The molecule has 0 radical (unpaired) electrons. The van der Waals surface area contributed by atoms with Crippen LogP contribution in [0.5, 0.6) is 0 Å². The number of aliphatic hydroxyl groups excluding tert-OH is 1. The number of rotatable bonds is 6. The zero-order valence-electron chi connectivity index (χ0n) is 9.12. The molecule has 2 nitrogen and oxygen atoms in total. The first-order chi connectivity index (χ1) is 6.67. The Morgan fingerprint density at radius 3 is 2.43 bits per heavy atom. The van der Waals surface area contributed by atoms with Crippen molar-refractivity contribution in [3.05, 3.63) is 11.8 Å². The highest BCUT2D eigenvalue weighted by atomic mass is 16.3. The van der Waals surface area contributed by atoms with E-state index in [1.54, 1.807) is 0 Å². The third kappa shape index (κ3) is 3.52. The maximum absolute atomic E-state index is 11.4. The third-order valence-corrected chi connectivity index (χ3v) is 2.90. The van der Waals surface area contributed by atoms with E-state index in [0.29, 0.717) is 12.3 Å². The van der Waals surface area contributed by atoms with Gasteiger partial charge in [-0.1, -0.05) is 13.8 Å². The number of aliphatic hydroxyl groups is 1. The summed E-state index contributed by atoms with van der Waals surface area (Å²) < 4.78 is 0. The molecule has 0 aromatic rings. The molecule has 1 fully saturated rings. The van der Waals surface area contributed by atoms with Gasteiger partial charge in [-0.25, -0.2) is 0 Å². The van der Waals surface area contributed by atoms with Crippen LogP contribution in [0.25, 0.3) is 0 Å². The van der Waals surface area contributed by atoms with Crippen LogP contribution >= 0.6 is 0 Å². The Kier molecular flexibility index (Phi) is 4.18. The van der Waals surface area contributed by atoms with Crippen LogP contribution in [0, 0.1) is 11.8 Å². The second-order valence-corrected chi connectivity index (χ2v) is 4.20. The van der Waals surface area contributed by atoms with Crippen molar-refractivity contribution >= 4 is 5.78 Å². The number of ketones is 1. The first kappa shape index (κ1) is 11.3. The maximum atomic E-state index is 11.4. The van der Waals surface area contributed by atoms with E-state index in [1.165, 1.54) is 18.9 Å². The van der Waals surface area contributed by atoms with Crippen molar-refractivity contribution in [3.63, 3.8) is 0 Å². The predicted molar refractivity (Wildman–Crippen MR) is 57.1 cm³/mol. The normalized spacial score (nSPS) is 17.5. The highest BCUT2D eigenvalue weighted by Gasteiger charge is 2.24. The van der Waals surface area contributed by atoms with Gasteiger partial charge in [-0.3, -0.25) is 4.79 Å². The zero-order valence-corrected chi connectivity index (χ0v) is 9.12. The molecule has 1 aliphatic carbocycles. The van der Waals surface area contributed by atoms with Crippen molar-refractivity contribution in [3.8, 4) is 0 Å². The molecular weight excluding hydrogens is 176 g/mol. The molecule has 14 heavy (non-hydrogen) atoms. The van der Waals surface area contributed by atoms with Gasteiger partial charge in [0, 0.05) is 18.4 Å². The minimum Gasteiger partial charge on any atom is -0.512 e. The van der Waals surface area contributed by atoms with E-state index in [0.717, 1.165) is 12.8 Å². The Hall–Kier alpha value is -0.790. The van der Waals surface area contributed by atoms with Gasteiger partial charge in [0.1, 0.15) is 0 Å². The van der Waals surface area contributed by atoms with Crippen LogP contribution in [-0.2, 0) is 4.79 Å². The minimum absolute atomic E-state index is 0.0944. The molecule has 1 aliphatic rings. The predicted octanol–water partition coefficient (Wildman–Crippen LogP) is 3.23. The van der Waals surface area contributed by atoms with Crippen LogP contribution in [0.1, 0.15) is 46.0 Å². The van der Waals surface area contributed by atoms with Crippen LogP contribution in [0.2, 0.25) is 0 Å². The van der Waals surface area contributed by atoms with Gasteiger partial charge in [0.25, 0.3) is 0 Å². The fourth-order valence-electron chi connectivity index (χ4n) is 1.66.